The molecule has 0 unspecified atom stereocenters. The summed E-state index contributed by atoms with van der Waals surface area (Å²) in [6.07, 6.45) is -1.54. The number of halogens is 6. The van der Waals surface area contributed by atoms with Crippen LogP contribution in [0.3, 0.4) is 0 Å². The van der Waals surface area contributed by atoms with Crippen LogP contribution in [-0.2, 0) is 26.3 Å². The molecule has 4 aromatic rings. The van der Waals surface area contributed by atoms with Crippen LogP contribution in [0.2, 0.25) is 0 Å². The molecule has 0 saturated heterocycles. The summed E-state index contributed by atoms with van der Waals surface area (Å²) in [5.41, 5.74) is -0.449. The van der Waals surface area contributed by atoms with E-state index in [-0.39, 0.29) is 37.1 Å². The maximum Gasteiger partial charge on any atom is 0.431 e. The average Bonchev–Trinajstić information content (AvgIpc) is 3.25. The molecule has 0 N–H and O–H groups in total. The predicted octanol–water partition coefficient (Wildman–Crippen LogP) is 5.08. The number of hydrogen-bond donors (Lipinski definition) is 0. The molecule has 1 radical (unpaired) electrons. The van der Waals surface area contributed by atoms with Gasteiger partial charge in [-0.3, -0.25) is 13.8 Å². The van der Waals surface area contributed by atoms with E-state index >= 15 is 0 Å². The summed E-state index contributed by atoms with van der Waals surface area (Å²) < 4.78 is 75.3. The molecule has 3 aromatic heterocycles. The standard InChI is InChI=1S/C11H5F3N.C9H5F3N3.Ir/c12-8-5-4-7(10(13)11(8)14)9-3-1-2-6-15-9;10-9(11,12)8-5-7(14-15-8)6-3-1-2-4-13-6;/h1-3,5-6H;1-5H;/q2*-1;. The van der Waals surface area contributed by atoms with Gasteiger partial charge < -0.3 is 15.2 Å². The maximum atomic E-state index is 13.3. The largest absolute Gasteiger partial charge is 0.573 e. The minimum Gasteiger partial charge on any atom is -0.573 e. The number of aromatic nitrogens is 4. The summed E-state index contributed by atoms with van der Waals surface area (Å²) in [6, 6.07) is 13.6. The van der Waals surface area contributed by atoms with Crippen molar-refractivity contribution in [2.75, 3.05) is 0 Å². The van der Waals surface area contributed by atoms with Crippen molar-refractivity contribution >= 4 is 0 Å². The van der Waals surface area contributed by atoms with Gasteiger partial charge in [0.15, 0.2) is 0 Å². The molecule has 3 heterocycles. The average molecular weight is 613 g/mol. The van der Waals surface area contributed by atoms with Gasteiger partial charge in [-0.05, 0) is 30.0 Å². The molecule has 163 valence electrons. The summed E-state index contributed by atoms with van der Waals surface area (Å²) in [6.45, 7) is 0. The zero-order valence-corrected chi connectivity index (χ0v) is 17.6. The number of alkyl halides is 3. The number of pyridine rings is 2. The zero-order chi connectivity index (χ0) is 21.7. The Balaban J connectivity index is 0.000000213. The van der Waals surface area contributed by atoms with E-state index in [9.17, 15) is 26.3 Å². The Hall–Kier alpha value is -3.04. The van der Waals surface area contributed by atoms with Crippen LogP contribution in [0.1, 0.15) is 5.69 Å². The number of benzene rings is 1. The Morgan fingerprint density at radius 2 is 1.45 bits per heavy atom. The molecular weight excluding hydrogens is 602 g/mol. The van der Waals surface area contributed by atoms with E-state index in [4.69, 9.17) is 0 Å². The molecule has 0 spiro atoms. The molecule has 0 aliphatic carbocycles. The van der Waals surface area contributed by atoms with Gasteiger partial charge in [0, 0.05) is 38.2 Å². The van der Waals surface area contributed by atoms with Crippen molar-refractivity contribution in [1.82, 2.24) is 20.2 Å². The summed E-state index contributed by atoms with van der Waals surface area (Å²) in [5.74, 6) is -4.03. The molecule has 0 fully saturated rings. The fourth-order valence-electron chi connectivity index (χ4n) is 2.25. The van der Waals surface area contributed by atoms with Gasteiger partial charge in [-0.1, -0.05) is 29.5 Å². The summed E-state index contributed by atoms with van der Waals surface area (Å²) >= 11 is 0. The summed E-state index contributed by atoms with van der Waals surface area (Å²) in [7, 11) is 0. The van der Waals surface area contributed by atoms with Gasteiger partial charge in [0.25, 0.3) is 0 Å². The Kier molecular flexibility index (Phi) is 8.07. The van der Waals surface area contributed by atoms with E-state index in [1.54, 1.807) is 30.3 Å². The first-order valence-corrected chi connectivity index (χ1v) is 8.23. The molecule has 0 saturated carbocycles. The van der Waals surface area contributed by atoms with Gasteiger partial charge >= 0.3 is 6.18 Å². The Morgan fingerprint density at radius 3 is 1.97 bits per heavy atom. The molecule has 0 aliphatic heterocycles. The van der Waals surface area contributed by atoms with E-state index in [0.717, 1.165) is 12.1 Å². The number of nitrogens with zero attached hydrogens (tertiary/aromatic N) is 4. The van der Waals surface area contributed by atoms with Gasteiger partial charge in [-0.25, -0.2) is 4.39 Å². The molecule has 31 heavy (non-hydrogen) atoms. The fraction of sp³-hybridized carbons (Fsp3) is 0.0500. The van der Waals surface area contributed by atoms with Crippen molar-refractivity contribution in [1.29, 1.82) is 0 Å². The smallest absolute Gasteiger partial charge is 0.431 e. The molecule has 0 bridgehead atoms. The van der Waals surface area contributed by atoms with Crippen molar-refractivity contribution in [3.8, 4) is 22.6 Å². The molecule has 0 amide bonds. The second kappa shape index (κ2) is 10.3. The number of hydrogen-bond acceptors (Lipinski definition) is 3. The minimum absolute atomic E-state index is 0. The van der Waals surface area contributed by atoms with Crippen molar-refractivity contribution in [2.45, 2.75) is 6.18 Å². The van der Waals surface area contributed by atoms with E-state index in [1.807, 2.05) is 0 Å². The van der Waals surface area contributed by atoms with Crippen LogP contribution in [0.25, 0.3) is 22.6 Å². The van der Waals surface area contributed by atoms with Crippen LogP contribution in [-0.4, -0.2) is 15.1 Å². The van der Waals surface area contributed by atoms with Crippen molar-refractivity contribution < 1.29 is 46.4 Å². The third-order valence-corrected chi connectivity index (χ3v) is 3.64. The zero-order valence-electron chi connectivity index (χ0n) is 15.2. The molecule has 0 aliphatic rings. The van der Waals surface area contributed by atoms with Crippen LogP contribution < -0.4 is 5.10 Å². The van der Waals surface area contributed by atoms with Crippen LogP contribution in [0, 0.1) is 23.5 Å². The fourth-order valence-corrected chi connectivity index (χ4v) is 2.25. The van der Waals surface area contributed by atoms with E-state index in [0.29, 0.717) is 5.69 Å². The molecule has 4 nitrogen and oxygen atoms in total. The van der Waals surface area contributed by atoms with Crippen LogP contribution in [0.5, 0.6) is 0 Å². The first-order chi connectivity index (χ1) is 14.3. The first-order valence-electron chi connectivity index (χ1n) is 8.23. The second-order valence-corrected chi connectivity index (χ2v) is 5.68. The van der Waals surface area contributed by atoms with Gasteiger partial charge in [0.2, 0.25) is 0 Å². The first kappa shape index (κ1) is 24.2. The maximum absolute atomic E-state index is 13.3. The normalized spacial score (nSPS) is 10.6. The molecule has 0 atom stereocenters. The Morgan fingerprint density at radius 1 is 0.839 bits per heavy atom. The second-order valence-electron chi connectivity index (χ2n) is 5.68. The van der Waals surface area contributed by atoms with Crippen LogP contribution >= 0.6 is 0 Å². The monoisotopic (exact) mass is 613 g/mol. The third kappa shape index (κ3) is 5.99. The Bertz CT molecular complexity index is 1120. The van der Waals surface area contributed by atoms with Crippen molar-refractivity contribution in [2.24, 2.45) is 0 Å². The molecular formula is C20H10F6IrN4-2. The Labute approximate surface area is 185 Å². The predicted molar refractivity (Wildman–Crippen MR) is 94.2 cm³/mol. The minimum atomic E-state index is -4.46. The van der Waals surface area contributed by atoms with E-state index in [1.165, 1.54) is 18.5 Å². The third-order valence-electron chi connectivity index (χ3n) is 3.64. The van der Waals surface area contributed by atoms with Gasteiger partial charge in [0.05, 0.1) is 11.6 Å². The van der Waals surface area contributed by atoms with E-state index in [2.05, 4.69) is 26.2 Å². The van der Waals surface area contributed by atoms with Gasteiger partial charge in [-0.15, -0.1) is 12.1 Å². The molecule has 11 heteroatoms. The van der Waals surface area contributed by atoms with Crippen LogP contribution in [0.15, 0.2) is 60.9 Å². The SMILES string of the molecule is FC(F)(F)c1cc(-c2ccccn2)[n-]n1.Fc1c[c-]c(-c2ccccn2)c(F)c1F.[Ir]. The quantitative estimate of drug-likeness (QED) is 0.180. The molecule has 4 rings (SSSR count). The summed E-state index contributed by atoms with van der Waals surface area (Å²) in [4.78, 5) is 7.69. The number of rotatable bonds is 2. The van der Waals surface area contributed by atoms with Crippen LogP contribution in [0.4, 0.5) is 26.3 Å². The van der Waals surface area contributed by atoms with Gasteiger partial charge in [-0.2, -0.15) is 13.2 Å². The van der Waals surface area contributed by atoms with Gasteiger partial charge in [0.1, 0.15) is 11.5 Å². The van der Waals surface area contributed by atoms with E-state index < -0.39 is 29.3 Å². The topological polar surface area (TPSA) is 52.8 Å². The van der Waals surface area contributed by atoms with Crippen molar-refractivity contribution in [3.05, 3.63) is 90.1 Å². The molecule has 1 aromatic carbocycles. The summed E-state index contributed by atoms with van der Waals surface area (Å²) in [5, 5.41) is 6.47. The van der Waals surface area contributed by atoms with Crippen molar-refractivity contribution in [3.63, 3.8) is 0 Å².